The minimum Gasteiger partial charge on any atom is -0.349 e. The van der Waals surface area contributed by atoms with Crippen molar-refractivity contribution in [3.63, 3.8) is 0 Å². The number of benzene rings is 2. The Kier molecular flexibility index (Phi) is 7.19. The van der Waals surface area contributed by atoms with Crippen molar-refractivity contribution in [3.05, 3.63) is 81.4 Å². The van der Waals surface area contributed by atoms with Gasteiger partial charge in [-0.05, 0) is 36.5 Å². The fraction of sp³-hybridized carbons (Fsp3) is 0.0556. The highest BCUT2D eigenvalue weighted by molar-refractivity contribution is 7.80. The van der Waals surface area contributed by atoms with E-state index in [0.29, 0.717) is 17.8 Å². The number of thiocarbonyl (C=S) groups is 1. The van der Waals surface area contributed by atoms with Gasteiger partial charge in [-0.2, -0.15) is 0 Å². The summed E-state index contributed by atoms with van der Waals surface area (Å²) in [7, 11) is 0. The van der Waals surface area contributed by atoms with E-state index < -0.39 is 16.5 Å². The molecule has 0 aliphatic carbocycles. The number of para-hydroxylation sites is 1. The van der Waals surface area contributed by atoms with E-state index in [-0.39, 0.29) is 21.6 Å². The zero-order valence-electron chi connectivity index (χ0n) is 14.4. The number of hydrogen-bond donors (Lipinski definition) is 3. The number of nitro groups is 1. The molecule has 0 saturated carbocycles. The second-order valence-electron chi connectivity index (χ2n) is 5.38. The Morgan fingerprint density at radius 1 is 1.21 bits per heavy atom. The van der Waals surface area contributed by atoms with Crippen molar-refractivity contribution in [2.45, 2.75) is 0 Å². The minimum absolute atomic E-state index is 0.0114. The second-order valence-corrected chi connectivity index (χ2v) is 6.19. The molecule has 0 aliphatic heterocycles. The van der Waals surface area contributed by atoms with Crippen molar-refractivity contribution in [2.75, 3.05) is 11.9 Å². The number of halogens is 1. The fourth-order valence-electron chi connectivity index (χ4n) is 2.17. The summed E-state index contributed by atoms with van der Waals surface area (Å²) in [5.74, 6) is -1.00. The van der Waals surface area contributed by atoms with Crippen molar-refractivity contribution in [1.82, 2.24) is 10.6 Å². The number of rotatable bonds is 6. The lowest BCUT2D eigenvalue weighted by Crippen LogP contribution is -2.35. The highest BCUT2D eigenvalue weighted by Gasteiger charge is 2.17. The van der Waals surface area contributed by atoms with Crippen molar-refractivity contribution < 1.29 is 14.5 Å². The predicted octanol–water partition coefficient (Wildman–Crippen LogP) is 3.29. The maximum absolute atomic E-state index is 12.3. The van der Waals surface area contributed by atoms with Crippen LogP contribution in [0.1, 0.15) is 20.7 Å². The van der Waals surface area contributed by atoms with E-state index in [9.17, 15) is 19.7 Å². The first-order chi connectivity index (χ1) is 13.3. The summed E-state index contributed by atoms with van der Waals surface area (Å²) in [4.78, 5) is 34.7. The molecule has 2 amide bonds. The number of nitro benzene ring substituents is 1. The number of anilines is 1. The molecule has 2 rings (SSSR count). The summed E-state index contributed by atoms with van der Waals surface area (Å²) < 4.78 is 0. The number of carbonyl (C=O) groups excluding carboxylic acids is 2. The molecule has 0 saturated heterocycles. The van der Waals surface area contributed by atoms with Gasteiger partial charge in [0.1, 0.15) is 5.02 Å². The van der Waals surface area contributed by atoms with E-state index in [0.717, 1.165) is 6.07 Å². The number of nitrogens with one attached hydrogen (secondary N) is 3. The van der Waals surface area contributed by atoms with E-state index >= 15 is 0 Å². The average molecular weight is 419 g/mol. The van der Waals surface area contributed by atoms with Crippen LogP contribution in [0.2, 0.25) is 5.02 Å². The summed E-state index contributed by atoms with van der Waals surface area (Å²) in [5, 5.41) is 18.6. The Hall–Kier alpha value is -3.30. The lowest BCUT2D eigenvalue weighted by atomic mass is 10.1. The normalized spacial score (nSPS) is 9.89. The molecule has 0 aromatic heterocycles. The third kappa shape index (κ3) is 5.35. The largest absolute Gasteiger partial charge is 0.349 e. The van der Waals surface area contributed by atoms with Crippen LogP contribution in [0.5, 0.6) is 0 Å². The van der Waals surface area contributed by atoms with Gasteiger partial charge in [0, 0.05) is 18.2 Å². The van der Waals surface area contributed by atoms with Crippen LogP contribution in [0.4, 0.5) is 11.4 Å². The van der Waals surface area contributed by atoms with Crippen molar-refractivity contribution in [1.29, 1.82) is 0 Å². The van der Waals surface area contributed by atoms with Crippen LogP contribution in [0.15, 0.2) is 55.1 Å². The van der Waals surface area contributed by atoms with Crippen molar-refractivity contribution in [3.8, 4) is 0 Å². The van der Waals surface area contributed by atoms with E-state index in [4.69, 9.17) is 23.8 Å². The Balaban J connectivity index is 2.12. The van der Waals surface area contributed by atoms with Crippen LogP contribution in [0.25, 0.3) is 0 Å². The molecule has 8 nitrogen and oxygen atoms in total. The molecule has 0 fully saturated rings. The maximum atomic E-state index is 12.3. The second kappa shape index (κ2) is 9.58. The SMILES string of the molecule is C=CCNC(=O)c1ccccc1NC(=S)NC(=O)c1ccc(Cl)c([N+](=O)[O-])c1. The molecule has 10 heteroatoms. The summed E-state index contributed by atoms with van der Waals surface area (Å²) in [6.45, 7) is 3.83. The Bertz CT molecular complexity index is 964. The molecule has 2 aromatic rings. The predicted molar refractivity (Wildman–Crippen MR) is 111 cm³/mol. The molecule has 0 unspecified atom stereocenters. The van der Waals surface area contributed by atoms with Gasteiger partial charge >= 0.3 is 0 Å². The molecule has 144 valence electrons. The molecule has 0 spiro atoms. The molecule has 0 radical (unpaired) electrons. The highest BCUT2D eigenvalue weighted by atomic mass is 35.5. The van der Waals surface area contributed by atoms with Gasteiger partial charge < -0.3 is 10.6 Å². The molecule has 3 N–H and O–H groups in total. The quantitative estimate of drug-likeness (QED) is 0.287. The summed E-state index contributed by atoms with van der Waals surface area (Å²) >= 11 is 10.8. The molecule has 0 aliphatic rings. The van der Waals surface area contributed by atoms with Crippen LogP contribution in [0.3, 0.4) is 0 Å². The number of hydrogen-bond acceptors (Lipinski definition) is 5. The van der Waals surface area contributed by atoms with Crippen LogP contribution in [-0.2, 0) is 0 Å². The molecular formula is C18H15ClN4O4S. The Morgan fingerprint density at radius 2 is 1.93 bits per heavy atom. The summed E-state index contributed by atoms with van der Waals surface area (Å²) in [6, 6.07) is 10.2. The Morgan fingerprint density at radius 3 is 2.61 bits per heavy atom. The van der Waals surface area contributed by atoms with Crippen LogP contribution in [-0.4, -0.2) is 28.4 Å². The molecule has 0 atom stereocenters. The first-order valence-electron chi connectivity index (χ1n) is 7.88. The lowest BCUT2D eigenvalue weighted by molar-refractivity contribution is -0.384. The number of carbonyl (C=O) groups is 2. The molecule has 2 aromatic carbocycles. The van der Waals surface area contributed by atoms with Gasteiger partial charge in [0.15, 0.2) is 5.11 Å². The molecular weight excluding hydrogens is 404 g/mol. The van der Waals surface area contributed by atoms with Gasteiger partial charge in [-0.15, -0.1) is 6.58 Å². The van der Waals surface area contributed by atoms with Gasteiger partial charge in [0.2, 0.25) is 0 Å². The first kappa shape index (κ1) is 21.0. The monoisotopic (exact) mass is 418 g/mol. The van der Waals surface area contributed by atoms with Gasteiger partial charge in [-0.25, -0.2) is 0 Å². The van der Waals surface area contributed by atoms with E-state index in [1.54, 1.807) is 30.3 Å². The van der Waals surface area contributed by atoms with Crippen LogP contribution >= 0.6 is 23.8 Å². The third-order valence-electron chi connectivity index (χ3n) is 3.46. The van der Waals surface area contributed by atoms with Crippen molar-refractivity contribution in [2.24, 2.45) is 0 Å². The number of nitrogens with zero attached hydrogens (tertiary/aromatic N) is 1. The van der Waals surface area contributed by atoms with Gasteiger partial charge in [0.05, 0.1) is 16.2 Å². The fourth-order valence-corrected chi connectivity index (χ4v) is 2.56. The van der Waals surface area contributed by atoms with Gasteiger partial charge in [-0.3, -0.25) is 25.0 Å². The maximum Gasteiger partial charge on any atom is 0.288 e. The van der Waals surface area contributed by atoms with Gasteiger partial charge in [-0.1, -0.05) is 29.8 Å². The highest BCUT2D eigenvalue weighted by Crippen LogP contribution is 2.25. The molecule has 0 bridgehead atoms. The van der Waals surface area contributed by atoms with E-state index in [2.05, 4.69) is 22.5 Å². The number of amides is 2. The molecule has 0 heterocycles. The smallest absolute Gasteiger partial charge is 0.288 e. The van der Waals surface area contributed by atoms with E-state index in [1.165, 1.54) is 12.1 Å². The van der Waals surface area contributed by atoms with Crippen molar-refractivity contribution >= 4 is 52.1 Å². The van der Waals surface area contributed by atoms with E-state index in [1.807, 2.05) is 0 Å². The van der Waals surface area contributed by atoms with Gasteiger partial charge in [0.25, 0.3) is 17.5 Å². The topological polar surface area (TPSA) is 113 Å². The van der Waals surface area contributed by atoms with Crippen LogP contribution < -0.4 is 16.0 Å². The zero-order chi connectivity index (χ0) is 20.7. The standard InChI is InChI=1S/C18H15ClN4O4S/c1-2-9-20-17(25)12-5-3-4-6-14(12)21-18(28)22-16(24)11-7-8-13(19)15(10-11)23(26)27/h2-8,10H,1,9H2,(H,20,25)(H2,21,22,24,28). The Labute approximate surface area is 170 Å². The van der Waals surface area contributed by atoms with Crippen LogP contribution in [0, 0.1) is 10.1 Å². The summed E-state index contributed by atoms with van der Waals surface area (Å²) in [6.07, 6.45) is 1.55. The average Bonchev–Trinajstić information content (AvgIpc) is 2.66. The summed E-state index contributed by atoms with van der Waals surface area (Å²) in [5.41, 5.74) is 0.328. The lowest BCUT2D eigenvalue weighted by Gasteiger charge is -2.13. The third-order valence-corrected chi connectivity index (χ3v) is 3.98. The molecule has 28 heavy (non-hydrogen) atoms. The minimum atomic E-state index is -0.687. The first-order valence-corrected chi connectivity index (χ1v) is 8.66. The zero-order valence-corrected chi connectivity index (χ0v) is 16.0.